The van der Waals surface area contributed by atoms with Gasteiger partial charge in [-0.15, -0.1) is 0 Å². The van der Waals surface area contributed by atoms with Crippen molar-refractivity contribution >= 4 is 16.6 Å². The highest BCUT2D eigenvalue weighted by molar-refractivity contribution is 6.03. The molecule has 2 aromatic rings. The van der Waals surface area contributed by atoms with Gasteiger partial charge < -0.3 is 4.57 Å². The van der Waals surface area contributed by atoms with Gasteiger partial charge in [0.25, 0.3) is 0 Å². The normalized spacial score (nSPS) is 16.9. The first-order chi connectivity index (χ1) is 9.42. The number of benzene rings is 1. The molecular weight excluding hydrogens is 244 g/mol. The first-order valence-electron chi connectivity index (χ1n) is 7.56. The molecule has 2 nitrogen and oxygen atoms in total. The Balaban J connectivity index is 2.01. The van der Waals surface area contributed by atoms with E-state index in [1.54, 1.807) is 0 Å². The van der Waals surface area contributed by atoms with E-state index in [9.17, 15) is 0 Å². The largest absolute Gasteiger partial charge is 0.351 e. The summed E-state index contributed by atoms with van der Waals surface area (Å²) >= 11 is 0. The van der Waals surface area contributed by atoms with Crippen LogP contribution in [0.15, 0.2) is 35.5 Å². The van der Waals surface area contributed by atoms with Gasteiger partial charge in [-0.25, -0.2) is 0 Å². The molecule has 0 N–H and O–H groups in total. The van der Waals surface area contributed by atoms with E-state index >= 15 is 0 Å². The molecule has 1 saturated carbocycles. The second-order valence-electron chi connectivity index (χ2n) is 7.08. The standard InChI is InChI=1S/C18H24N2/c1-18(2,3)19-16(11-13-5-6-13)14-7-8-17-15(12-14)9-10-20(17)4/h7-10,12-13H,5-6,11H2,1-4H3/b19-16-. The van der Waals surface area contributed by atoms with Crippen LogP contribution in [0.2, 0.25) is 0 Å². The molecule has 0 spiro atoms. The summed E-state index contributed by atoms with van der Waals surface area (Å²) in [5, 5.41) is 1.31. The van der Waals surface area contributed by atoms with Crippen LogP contribution >= 0.6 is 0 Å². The summed E-state index contributed by atoms with van der Waals surface area (Å²) in [5.74, 6) is 0.863. The van der Waals surface area contributed by atoms with Gasteiger partial charge in [0.1, 0.15) is 0 Å². The molecule has 0 bridgehead atoms. The Hall–Kier alpha value is -1.57. The molecule has 1 aliphatic carbocycles. The minimum atomic E-state index is -0.00410. The van der Waals surface area contributed by atoms with E-state index in [1.807, 2.05) is 0 Å². The third-order valence-electron chi connectivity index (χ3n) is 3.87. The van der Waals surface area contributed by atoms with Crippen LogP contribution in [0.4, 0.5) is 0 Å². The summed E-state index contributed by atoms with van der Waals surface area (Å²) in [6.07, 6.45) is 6.00. The Morgan fingerprint density at radius 3 is 2.65 bits per heavy atom. The Bertz CT molecular complexity index is 652. The predicted molar refractivity (Wildman–Crippen MR) is 86.6 cm³/mol. The van der Waals surface area contributed by atoms with Crippen molar-refractivity contribution in [1.29, 1.82) is 0 Å². The van der Waals surface area contributed by atoms with Gasteiger partial charge in [-0.05, 0) is 69.7 Å². The van der Waals surface area contributed by atoms with Crippen LogP contribution < -0.4 is 0 Å². The molecule has 0 aliphatic heterocycles. The summed E-state index contributed by atoms with van der Waals surface area (Å²) in [4.78, 5) is 4.98. The van der Waals surface area contributed by atoms with Crippen LogP contribution in [0.3, 0.4) is 0 Å². The lowest BCUT2D eigenvalue weighted by Gasteiger charge is -2.17. The number of hydrogen-bond donors (Lipinski definition) is 0. The van der Waals surface area contributed by atoms with Crippen LogP contribution in [0.5, 0.6) is 0 Å². The Morgan fingerprint density at radius 1 is 1.25 bits per heavy atom. The number of rotatable bonds is 3. The van der Waals surface area contributed by atoms with Crippen molar-refractivity contribution in [2.75, 3.05) is 0 Å². The average Bonchev–Trinajstić information content (AvgIpc) is 3.10. The summed E-state index contributed by atoms with van der Waals surface area (Å²) < 4.78 is 2.17. The summed E-state index contributed by atoms with van der Waals surface area (Å²) in [6.45, 7) is 6.54. The molecule has 0 atom stereocenters. The lowest BCUT2D eigenvalue weighted by Crippen LogP contribution is -2.15. The highest BCUT2D eigenvalue weighted by atomic mass is 14.9. The highest BCUT2D eigenvalue weighted by Gasteiger charge is 2.25. The van der Waals surface area contributed by atoms with E-state index in [0.29, 0.717) is 0 Å². The van der Waals surface area contributed by atoms with Gasteiger partial charge in [0, 0.05) is 29.9 Å². The van der Waals surface area contributed by atoms with Crippen molar-refractivity contribution in [3.05, 3.63) is 36.0 Å². The summed E-state index contributed by atoms with van der Waals surface area (Å²) in [6, 6.07) is 8.93. The minimum Gasteiger partial charge on any atom is -0.351 e. The molecule has 1 heterocycles. The molecule has 0 unspecified atom stereocenters. The Morgan fingerprint density at radius 2 is 2.00 bits per heavy atom. The number of nitrogens with zero attached hydrogens (tertiary/aromatic N) is 2. The molecule has 3 rings (SSSR count). The number of aromatic nitrogens is 1. The first kappa shape index (κ1) is 13.4. The average molecular weight is 268 g/mol. The van der Waals surface area contributed by atoms with Gasteiger partial charge in [0.15, 0.2) is 0 Å². The summed E-state index contributed by atoms with van der Waals surface area (Å²) in [5.41, 5.74) is 3.86. The number of hydrogen-bond acceptors (Lipinski definition) is 1. The lowest BCUT2D eigenvalue weighted by molar-refractivity contribution is 0.581. The van der Waals surface area contributed by atoms with E-state index in [-0.39, 0.29) is 5.54 Å². The summed E-state index contributed by atoms with van der Waals surface area (Å²) in [7, 11) is 2.09. The molecule has 0 radical (unpaired) electrons. The fraction of sp³-hybridized carbons (Fsp3) is 0.500. The monoisotopic (exact) mass is 268 g/mol. The van der Waals surface area contributed by atoms with E-state index < -0.39 is 0 Å². The number of aryl methyl sites for hydroxylation is 1. The first-order valence-corrected chi connectivity index (χ1v) is 7.56. The molecule has 0 saturated heterocycles. The molecule has 20 heavy (non-hydrogen) atoms. The third-order valence-corrected chi connectivity index (χ3v) is 3.87. The number of aliphatic imine (C=N–C) groups is 1. The smallest absolute Gasteiger partial charge is 0.0527 e. The zero-order valence-corrected chi connectivity index (χ0v) is 13.0. The quantitative estimate of drug-likeness (QED) is 0.726. The molecule has 2 heteroatoms. The van der Waals surface area contributed by atoms with Gasteiger partial charge in [-0.1, -0.05) is 6.07 Å². The maximum Gasteiger partial charge on any atom is 0.0527 e. The molecule has 1 aliphatic rings. The van der Waals surface area contributed by atoms with Crippen LogP contribution in [0.25, 0.3) is 10.9 Å². The minimum absolute atomic E-state index is 0.00410. The van der Waals surface area contributed by atoms with Gasteiger partial charge in [-0.3, -0.25) is 4.99 Å². The highest BCUT2D eigenvalue weighted by Crippen LogP contribution is 2.34. The van der Waals surface area contributed by atoms with Crippen molar-refractivity contribution in [2.24, 2.45) is 18.0 Å². The van der Waals surface area contributed by atoms with Gasteiger partial charge >= 0.3 is 0 Å². The van der Waals surface area contributed by atoms with Gasteiger partial charge in [-0.2, -0.15) is 0 Å². The molecule has 1 aromatic carbocycles. The van der Waals surface area contributed by atoms with Crippen LogP contribution in [-0.4, -0.2) is 15.8 Å². The van der Waals surface area contributed by atoms with Crippen molar-refractivity contribution in [1.82, 2.24) is 4.57 Å². The third kappa shape index (κ3) is 2.95. The van der Waals surface area contributed by atoms with Crippen LogP contribution in [0.1, 0.15) is 45.6 Å². The Labute approximate surface area is 121 Å². The van der Waals surface area contributed by atoms with E-state index in [1.165, 1.54) is 35.0 Å². The molecular formula is C18H24N2. The van der Waals surface area contributed by atoms with E-state index in [0.717, 1.165) is 12.3 Å². The van der Waals surface area contributed by atoms with E-state index in [2.05, 4.69) is 62.8 Å². The predicted octanol–water partition coefficient (Wildman–Crippen LogP) is 4.57. The second-order valence-corrected chi connectivity index (χ2v) is 7.08. The van der Waals surface area contributed by atoms with Crippen molar-refractivity contribution in [3.63, 3.8) is 0 Å². The fourth-order valence-corrected chi connectivity index (χ4v) is 2.69. The second kappa shape index (κ2) is 4.76. The molecule has 106 valence electrons. The van der Waals surface area contributed by atoms with Crippen LogP contribution in [0, 0.1) is 5.92 Å². The van der Waals surface area contributed by atoms with Crippen molar-refractivity contribution in [2.45, 2.75) is 45.6 Å². The fourth-order valence-electron chi connectivity index (χ4n) is 2.69. The van der Waals surface area contributed by atoms with E-state index in [4.69, 9.17) is 4.99 Å². The SMILES string of the molecule is Cn1ccc2cc(/C(CC3CC3)=N\C(C)(C)C)ccc21. The van der Waals surface area contributed by atoms with Gasteiger partial charge in [0.05, 0.1) is 5.54 Å². The number of fused-ring (bicyclic) bond motifs is 1. The van der Waals surface area contributed by atoms with Crippen molar-refractivity contribution in [3.8, 4) is 0 Å². The van der Waals surface area contributed by atoms with Crippen LogP contribution in [-0.2, 0) is 7.05 Å². The molecule has 1 aromatic heterocycles. The molecule has 0 amide bonds. The maximum absolute atomic E-state index is 4.98. The lowest BCUT2D eigenvalue weighted by atomic mass is 10.0. The zero-order chi connectivity index (χ0) is 14.3. The topological polar surface area (TPSA) is 17.3 Å². The zero-order valence-electron chi connectivity index (χ0n) is 13.0. The van der Waals surface area contributed by atoms with Gasteiger partial charge in [0.2, 0.25) is 0 Å². The maximum atomic E-state index is 4.98. The molecule has 1 fully saturated rings. The Kier molecular flexibility index (Phi) is 3.19. The van der Waals surface area contributed by atoms with Crippen molar-refractivity contribution < 1.29 is 0 Å².